The SMILES string of the molecule is CCNC(=NCC1(O)CCSC1)NC1CCN(c2ccccc2OC(F)F)C1. The minimum absolute atomic E-state index is 0.130. The zero-order valence-corrected chi connectivity index (χ0v) is 16.9. The Kier molecular flexibility index (Phi) is 7.23. The van der Waals surface area contributed by atoms with Crippen LogP contribution in [0.3, 0.4) is 0 Å². The molecule has 2 heterocycles. The molecule has 2 saturated heterocycles. The Morgan fingerprint density at radius 2 is 2.29 bits per heavy atom. The first-order chi connectivity index (χ1) is 13.5. The second-order valence-electron chi connectivity index (χ2n) is 7.14. The standard InChI is InChI=1S/C19H28F2N4O2S/c1-2-22-18(23-12-19(26)8-10-28-13-19)24-14-7-9-25(11-14)15-5-3-4-6-16(15)27-17(20)21/h3-6,14,17,26H,2,7-13H2,1H3,(H2,22,23,24). The van der Waals surface area contributed by atoms with Gasteiger partial charge in [-0.05, 0) is 37.7 Å². The molecule has 1 aromatic rings. The van der Waals surface area contributed by atoms with Gasteiger partial charge in [0.15, 0.2) is 5.96 Å². The second-order valence-corrected chi connectivity index (χ2v) is 8.25. The van der Waals surface area contributed by atoms with Crippen LogP contribution >= 0.6 is 11.8 Å². The van der Waals surface area contributed by atoms with Crippen molar-refractivity contribution in [3.63, 3.8) is 0 Å². The Labute approximate surface area is 168 Å². The summed E-state index contributed by atoms with van der Waals surface area (Å²) in [6.07, 6.45) is 1.62. The maximum atomic E-state index is 12.7. The van der Waals surface area contributed by atoms with Crippen LogP contribution in [0.25, 0.3) is 0 Å². The maximum absolute atomic E-state index is 12.7. The van der Waals surface area contributed by atoms with Gasteiger partial charge in [-0.1, -0.05) is 12.1 Å². The van der Waals surface area contributed by atoms with Crippen molar-refractivity contribution < 1.29 is 18.6 Å². The molecule has 6 nitrogen and oxygen atoms in total. The molecule has 0 aliphatic carbocycles. The van der Waals surface area contributed by atoms with Gasteiger partial charge < -0.3 is 25.4 Å². The number of rotatable bonds is 7. The summed E-state index contributed by atoms with van der Waals surface area (Å²) in [6, 6.07) is 7.00. The van der Waals surface area contributed by atoms with Crippen molar-refractivity contribution in [1.29, 1.82) is 0 Å². The number of nitrogens with one attached hydrogen (secondary N) is 2. The van der Waals surface area contributed by atoms with E-state index in [1.54, 1.807) is 30.0 Å². The van der Waals surface area contributed by atoms with Crippen molar-refractivity contribution in [2.45, 2.75) is 38.0 Å². The fourth-order valence-electron chi connectivity index (χ4n) is 3.47. The van der Waals surface area contributed by atoms with Crippen molar-refractivity contribution in [3.8, 4) is 5.75 Å². The molecule has 0 spiro atoms. The van der Waals surface area contributed by atoms with Crippen LogP contribution in [-0.2, 0) is 0 Å². The Bertz CT molecular complexity index is 671. The molecule has 0 amide bonds. The highest BCUT2D eigenvalue weighted by Gasteiger charge is 2.32. The molecule has 3 N–H and O–H groups in total. The van der Waals surface area contributed by atoms with Crippen molar-refractivity contribution in [3.05, 3.63) is 24.3 Å². The van der Waals surface area contributed by atoms with Gasteiger partial charge in [0.25, 0.3) is 0 Å². The zero-order chi connectivity index (χ0) is 20.0. The van der Waals surface area contributed by atoms with E-state index in [0.717, 1.165) is 31.7 Å². The molecule has 0 saturated carbocycles. The summed E-state index contributed by atoms with van der Waals surface area (Å²) in [7, 11) is 0. The molecule has 2 aliphatic rings. The molecule has 3 rings (SSSR count). The van der Waals surface area contributed by atoms with Gasteiger partial charge in [0.05, 0.1) is 17.8 Å². The van der Waals surface area contributed by atoms with Crippen LogP contribution in [0.15, 0.2) is 29.3 Å². The molecular formula is C19H28F2N4O2S. The van der Waals surface area contributed by atoms with Crippen molar-refractivity contribution in [2.24, 2.45) is 4.99 Å². The Hall–Kier alpha value is -1.74. The predicted molar refractivity (Wildman–Crippen MR) is 110 cm³/mol. The summed E-state index contributed by atoms with van der Waals surface area (Å²) in [6.45, 7) is 1.65. The minimum atomic E-state index is -2.84. The molecule has 0 aromatic heterocycles. The van der Waals surface area contributed by atoms with E-state index in [4.69, 9.17) is 0 Å². The molecule has 2 atom stereocenters. The minimum Gasteiger partial charge on any atom is -0.433 e. The smallest absolute Gasteiger partial charge is 0.387 e. The lowest BCUT2D eigenvalue weighted by molar-refractivity contribution is -0.0495. The highest BCUT2D eigenvalue weighted by Crippen LogP contribution is 2.32. The number of alkyl halides is 2. The first-order valence-electron chi connectivity index (χ1n) is 9.63. The molecule has 1 aromatic carbocycles. The maximum Gasteiger partial charge on any atom is 0.387 e. The molecular weight excluding hydrogens is 386 g/mol. The number of hydrogen-bond donors (Lipinski definition) is 3. The molecule has 2 unspecified atom stereocenters. The van der Waals surface area contributed by atoms with Gasteiger partial charge in [-0.15, -0.1) is 0 Å². The van der Waals surface area contributed by atoms with Crippen LogP contribution in [0.5, 0.6) is 5.75 Å². The molecule has 0 bridgehead atoms. The normalized spacial score (nSPS) is 25.4. The molecule has 28 heavy (non-hydrogen) atoms. The van der Waals surface area contributed by atoms with E-state index in [-0.39, 0.29) is 11.8 Å². The zero-order valence-electron chi connectivity index (χ0n) is 16.0. The number of thioether (sulfide) groups is 1. The van der Waals surface area contributed by atoms with Crippen LogP contribution in [0.1, 0.15) is 19.8 Å². The number of ether oxygens (including phenoxy) is 1. The third-order valence-electron chi connectivity index (χ3n) is 4.91. The molecule has 156 valence electrons. The van der Waals surface area contributed by atoms with Gasteiger partial charge in [-0.3, -0.25) is 4.99 Å². The monoisotopic (exact) mass is 414 g/mol. The first-order valence-corrected chi connectivity index (χ1v) is 10.8. The highest BCUT2D eigenvalue weighted by atomic mass is 32.2. The van der Waals surface area contributed by atoms with E-state index in [9.17, 15) is 13.9 Å². The Balaban J connectivity index is 1.61. The van der Waals surface area contributed by atoms with E-state index in [1.807, 2.05) is 17.9 Å². The average molecular weight is 415 g/mol. The van der Waals surface area contributed by atoms with Gasteiger partial charge in [-0.2, -0.15) is 20.5 Å². The number of halogens is 2. The number of para-hydroxylation sites is 2. The van der Waals surface area contributed by atoms with E-state index < -0.39 is 12.2 Å². The number of anilines is 1. The van der Waals surface area contributed by atoms with E-state index >= 15 is 0 Å². The van der Waals surface area contributed by atoms with E-state index in [2.05, 4.69) is 20.4 Å². The summed E-state index contributed by atoms with van der Waals surface area (Å²) in [4.78, 5) is 6.62. The van der Waals surface area contributed by atoms with Crippen molar-refractivity contribution in [2.75, 3.05) is 42.6 Å². The van der Waals surface area contributed by atoms with Gasteiger partial charge in [0.1, 0.15) is 5.75 Å². The Morgan fingerprint density at radius 1 is 1.46 bits per heavy atom. The lowest BCUT2D eigenvalue weighted by Crippen LogP contribution is -2.45. The summed E-state index contributed by atoms with van der Waals surface area (Å²) in [5.74, 6) is 2.55. The number of aliphatic imine (C=N–C) groups is 1. The molecule has 2 fully saturated rings. The fraction of sp³-hybridized carbons (Fsp3) is 0.632. The van der Waals surface area contributed by atoms with Gasteiger partial charge >= 0.3 is 6.61 Å². The van der Waals surface area contributed by atoms with E-state index in [0.29, 0.717) is 30.5 Å². The lowest BCUT2D eigenvalue weighted by atomic mass is 10.1. The van der Waals surface area contributed by atoms with Gasteiger partial charge in [0, 0.05) is 31.4 Å². The Morgan fingerprint density at radius 3 is 3.00 bits per heavy atom. The predicted octanol–water partition coefficient (Wildman–Crippen LogP) is 2.29. The largest absolute Gasteiger partial charge is 0.433 e. The topological polar surface area (TPSA) is 69.1 Å². The number of hydrogen-bond acceptors (Lipinski definition) is 5. The summed E-state index contributed by atoms with van der Waals surface area (Å²) >= 11 is 1.75. The summed E-state index contributed by atoms with van der Waals surface area (Å²) in [5, 5.41) is 17.1. The van der Waals surface area contributed by atoms with Crippen LogP contribution in [-0.4, -0.2) is 67.0 Å². The first kappa shape index (κ1) is 21.0. The second kappa shape index (κ2) is 9.65. The van der Waals surface area contributed by atoms with Crippen molar-refractivity contribution >= 4 is 23.4 Å². The molecule has 0 radical (unpaired) electrons. The van der Waals surface area contributed by atoms with Crippen molar-refractivity contribution in [1.82, 2.24) is 10.6 Å². The average Bonchev–Trinajstić information content (AvgIpc) is 3.30. The molecule has 9 heteroatoms. The number of guanidine groups is 1. The van der Waals surface area contributed by atoms with Gasteiger partial charge in [-0.25, -0.2) is 0 Å². The van der Waals surface area contributed by atoms with Gasteiger partial charge in [0.2, 0.25) is 0 Å². The summed E-state index contributed by atoms with van der Waals surface area (Å²) in [5.41, 5.74) is -0.0494. The fourth-order valence-corrected chi connectivity index (χ4v) is 4.76. The number of benzene rings is 1. The lowest BCUT2D eigenvalue weighted by Gasteiger charge is -2.23. The van der Waals surface area contributed by atoms with Crippen LogP contribution in [0.2, 0.25) is 0 Å². The molecule has 2 aliphatic heterocycles. The number of aliphatic hydroxyl groups is 1. The quantitative estimate of drug-likeness (QED) is 0.470. The third kappa shape index (κ3) is 5.64. The van der Waals surface area contributed by atoms with Crippen LogP contribution in [0.4, 0.5) is 14.5 Å². The number of nitrogens with zero attached hydrogens (tertiary/aromatic N) is 2. The van der Waals surface area contributed by atoms with Crippen LogP contribution in [0, 0.1) is 0 Å². The van der Waals surface area contributed by atoms with Crippen LogP contribution < -0.4 is 20.3 Å². The van der Waals surface area contributed by atoms with E-state index in [1.165, 1.54) is 0 Å². The summed E-state index contributed by atoms with van der Waals surface area (Å²) < 4.78 is 30.0. The highest BCUT2D eigenvalue weighted by molar-refractivity contribution is 7.99. The third-order valence-corrected chi connectivity index (χ3v) is 6.14.